The number of nitro groups is 1. The van der Waals surface area contributed by atoms with Gasteiger partial charge in [0.25, 0.3) is 0 Å². The highest BCUT2D eigenvalue weighted by Gasteiger charge is 2.17. The lowest BCUT2D eigenvalue weighted by atomic mass is 10.2. The first-order chi connectivity index (χ1) is 11.7. The van der Waals surface area contributed by atoms with E-state index in [0.717, 1.165) is 11.3 Å². The van der Waals surface area contributed by atoms with Crippen molar-refractivity contribution < 1.29 is 9.66 Å². The average molecular weight is 323 g/mol. The smallest absolute Gasteiger partial charge is 0.406 e. The minimum Gasteiger partial charge on any atom is -0.430 e. The van der Waals surface area contributed by atoms with Gasteiger partial charge in [0.15, 0.2) is 5.82 Å². The molecule has 0 amide bonds. The van der Waals surface area contributed by atoms with E-state index in [2.05, 4.69) is 19.9 Å². The topological polar surface area (TPSA) is 104 Å². The number of aromatic nitrogens is 4. The van der Waals surface area contributed by atoms with Crippen molar-refractivity contribution in [1.82, 2.24) is 19.9 Å². The van der Waals surface area contributed by atoms with Crippen LogP contribution >= 0.6 is 0 Å². The van der Waals surface area contributed by atoms with Gasteiger partial charge in [-0.15, -0.1) is 0 Å². The Balaban J connectivity index is 2.01. The summed E-state index contributed by atoms with van der Waals surface area (Å²) in [4.78, 5) is 26.9. The molecule has 0 saturated carbocycles. The van der Waals surface area contributed by atoms with E-state index in [1.807, 2.05) is 6.92 Å². The lowest BCUT2D eigenvalue weighted by Crippen LogP contribution is -2.00. The van der Waals surface area contributed by atoms with Gasteiger partial charge in [-0.1, -0.05) is 6.92 Å². The molecule has 8 nitrogen and oxygen atoms in total. The third-order valence-electron chi connectivity index (χ3n) is 3.19. The van der Waals surface area contributed by atoms with E-state index in [1.165, 1.54) is 12.3 Å². The molecule has 0 aliphatic carbocycles. The van der Waals surface area contributed by atoms with Gasteiger partial charge in [-0.2, -0.15) is 4.98 Å². The zero-order chi connectivity index (χ0) is 16.9. The van der Waals surface area contributed by atoms with Gasteiger partial charge < -0.3 is 14.9 Å². The van der Waals surface area contributed by atoms with Gasteiger partial charge >= 0.3 is 5.82 Å². The highest BCUT2D eigenvalue weighted by molar-refractivity contribution is 5.55. The Labute approximate surface area is 137 Å². The summed E-state index contributed by atoms with van der Waals surface area (Å²) in [5.41, 5.74) is 1.55. The van der Waals surface area contributed by atoms with Crippen LogP contribution in [0.25, 0.3) is 11.4 Å². The summed E-state index contributed by atoms with van der Waals surface area (Å²) < 4.78 is 5.60. The quantitative estimate of drug-likeness (QED) is 0.524. The Morgan fingerprint density at radius 3 is 2.67 bits per heavy atom. The van der Waals surface area contributed by atoms with Crippen LogP contribution in [-0.4, -0.2) is 24.9 Å². The van der Waals surface area contributed by atoms with Crippen molar-refractivity contribution in [3.05, 3.63) is 64.7 Å². The summed E-state index contributed by atoms with van der Waals surface area (Å²) in [6, 6.07) is 8.26. The second kappa shape index (κ2) is 6.78. The predicted octanol–water partition coefficient (Wildman–Crippen LogP) is 3.20. The molecule has 0 unspecified atom stereocenters. The van der Waals surface area contributed by atoms with Crippen molar-refractivity contribution in [1.29, 1.82) is 0 Å². The largest absolute Gasteiger partial charge is 0.430 e. The van der Waals surface area contributed by atoms with Crippen molar-refractivity contribution in [2.75, 3.05) is 0 Å². The summed E-state index contributed by atoms with van der Waals surface area (Å²) in [6.07, 6.45) is 5.30. The first kappa shape index (κ1) is 15.5. The number of pyridine rings is 2. The summed E-state index contributed by atoms with van der Waals surface area (Å²) in [5.74, 6) is 0.367. The third kappa shape index (κ3) is 3.32. The minimum absolute atomic E-state index is 0.0314. The second-order valence-corrected chi connectivity index (χ2v) is 4.79. The van der Waals surface area contributed by atoms with Gasteiger partial charge in [-0.05, 0) is 40.6 Å². The molecule has 0 N–H and O–H groups in total. The van der Waals surface area contributed by atoms with Crippen LogP contribution in [0.4, 0.5) is 5.82 Å². The van der Waals surface area contributed by atoms with E-state index >= 15 is 0 Å². The Morgan fingerprint density at radius 1 is 1.17 bits per heavy atom. The molecule has 120 valence electrons. The first-order valence-electron chi connectivity index (χ1n) is 7.23. The van der Waals surface area contributed by atoms with Crippen LogP contribution in [0, 0.1) is 10.1 Å². The predicted molar refractivity (Wildman–Crippen MR) is 85.6 cm³/mol. The lowest BCUT2D eigenvalue weighted by Gasteiger charge is -2.08. The fourth-order valence-electron chi connectivity index (χ4n) is 2.05. The van der Waals surface area contributed by atoms with Crippen LogP contribution in [-0.2, 0) is 6.42 Å². The normalized spacial score (nSPS) is 10.4. The summed E-state index contributed by atoms with van der Waals surface area (Å²) >= 11 is 0. The SMILES string of the molecule is CCc1cc(Oc2cccnc2[N+](=O)[O-])nc(-c2ccncc2)n1. The van der Waals surface area contributed by atoms with Crippen molar-refractivity contribution in [2.45, 2.75) is 13.3 Å². The van der Waals surface area contributed by atoms with E-state index < -0.39 is 4.92 Å². The number of nitrogens with zero attached hydrogens (tertiary/aromatic N) is 5. The third-order valence-corrected chi connectivity index (χ3v) is 3.19. The summed E-state index contributed by atoms with van der Waals surface area (Å²) in [7, 11) is 0. The Hall–Kier alpha value is -3.42. The van der Waals surface area contributed by atoms with E-state index in [-0.39, 0.29) is 17.4 Å². The Morgan fingerprint density at radius 2 is 1.96 bits per heavy atom. The average Bonchev–Trinajstić information content (AvgIpc) is 2.62. The molecule has 0 aliphatic rings. The van der Waals surface area contributed by atoms with Crippen LogP contribution < -0.4 is 4.74 Å². The van der Waals surface area contributed by atoms with E-state index in [1.54, 1.807) is 36.7 Å². The second-order valence-electron chi connectivity index (χ2n) is 4.79. The van der Waals surface area contributed by atoms with Gasteiger partial charge in [0.05, 0.1) is 0 Å². The molecule has 24 heavy (non-hydrogen) atoms. The molecule has 0 aliphatic heterocycles. The molecule has 8 heteroatoms. The van der Waals surface area contributed by atoms with Gasteiger partial charge in [-0.3, -0.25) is 4.98 Å². The molecule has 3 heterocycles. The molecular weight excluding hydrogens is 310 g/mol. The molecule has 0 bridgehead atoms. The zero-order valence-electron chi connectivity index (χ0n) is 12.8. The minimum atomic E-state index is -0.596. The molecular formula is C16H13N5O3. The molecule has 0 radical (unpaired) electrons. The Kier molecular flexibility index (Phi) is 4.37. The standard InChI is InChI=1S/C16H13N5O3/c1-2-12-10-14(20-15(19-12)11-5-8-17-9-6-11)24-13-4-3-7-18-16(13)21(22)23/h3-10H,2H2,1H3. The van der Waals surface area contributed by atoms with E-state index in [9.17, 15) is 10.1 Å². The number of ether oxygens (including phenoxy) is 1. The first-order valence-corrected chi connectivity index (χ1v) is 7.23. The highest BCUT2D eigenvalue weighted by Crippen LogP contribution is 2.29. The number of rotatable bonds is 5. The highest BCUT2D eigenvalue weighted by atomic mass is 16.6. The van der Waals surface area contributed by atoms with Gasteiger partial charge in [-0.25, -0.2) is 4.98 Å². The maximum atomic E-state index is 11.0. The van der Waals surface area contributed by atoms with Crippen LogP contribution in [0.3, 0.4) is 0 Å². The molecule has 0 spiro atoms. The molecule has 3 aromatic rings. The Bertz CT molecular complexity index is 871. The van der Waals surface area contributed by atoms with Crippen LogP contribution in [0.5, 0.6) is 11.6 Å². The molecule has 3 rings (SSSR count). The number of hydrogen-bond acceptors (Lipinski definition) is 7. The molecule has 0 aromatic carbocycles. The van der Waals surface area contributed by atoms with Crippen LogP contribution in [0.1, 0.15) is 12.6 Å². The summed E-state index contributed by atoms with van der Waals surface area (Å²) in [6.45, 7) is 1.95. The maximum absolute atomic E-state index is 11.0. The number of hydrogen-bond donors (Lipinski definition) is 0. The molecule has 0 fully saturated rings. The van der Waals surface area contributed by atoms with Crippen LogP contribution in [0.2, 0.25) is 0 Å². The monoisotopic (exact) mass is 323 g/mol. The zero-order valence-corrected chi connectivity index (χ0v) is 12.8. The van der Waals surface area contributed by atoms with Gasteiger partial charge in [0.2, 0.25) is 11.6 Å². The molecule has 3 aromatic heterocycles. The number of aryl methyl sites for hydroxylation is 1. The molecule has 0 atom stereocenters. The van der Waals surface area contributed by atoms with Crippen molar-refractivity contribution in [2.24, 2.45) is 0 Å². The molecule has 0 saturated heterocycles. The lowest BCUT2D eigenvalue weighted by molar-refractivity contribution is -0.390. The van der Waals surface area contributed by atoms with Crippen molar-refractivity contribution in [3.63, 3.8) is 0 Å². The van der Waals surface area contributed by atoms with Crippen molar-refractivity contribution >= 4 is 5.82 Å². The van der Waals surface area contributed by atoms with Gasteiger partial charge in [0.1, 0.15) is 6.20 Å². The summed E-state index contributed by atoms with van der Waals surface area (Å²) in [5, 5.41) is 11.0. The maximum Gasteiger partial charge on any atom is 0.406 e. The van der Waals surface area contributed by atoms with Crippen LogP contribution in [0.15, 0.2) is 48.9 Å². The van der Waals surface area contributed by atoms with E-state index in [0.29, 0.717) is 12.2 Å². The van der Waals surface area contributed by atoms with Crippen molar-refractivity contribution in [3.8, 4) is 23.0 Å². The van der Waals surface area contributed by atoms with Gasteiger partial charge in [0, 0.05) is 29.7 Å². The van der Waals surface area contributed by atoms with E-state index in [4.69, 9.17) is 4.74 Å². The fourth-order valence-corrected chi connectivity index (χ4v) is 2.05. The fraction of sp³-hybridized carbons (Fsp3) is 0.125.